The second kappa shape index (κ2) is 5.27. The summed E-state index contributed by atoms with van der Waals surface area (Å²) in [5, 5.41) is 15.2. The smallest absolute Gasteiger partial charge is 0.272 e. The fourth-order valence-corrected chi connectivity index (χ4v) is 1.64. The highest BCUT2D eigenvalue weighted by atomic mass is 16.6. The highest BCUT2D eigenvalue weighted by Crippen LogP contribution is 2.18. The molecule has 1 aromatic heterocycles. The second-order valence-electron chi connectivity index (χ2n) is 3.78. The first kappa shape index (κ1) is 12.0. The van der Waals surface area contributed by atoms with Crippen molar-refractivity contribution in [3.05, 3.63) is 64.0 Å². The van der Waals surface area contributed by atoms with Crippen LogP contribution in [-0.2, 0) is 6.54 Å². The molecule has 0 saturated heterocycles. The molecule has 0 aliphatic carbocycles. The van der Waals surface area contributed by atoms with Gasteiger partial charge in [0.15, 0.2) is 0 Å². The second-order valence-corrected chi connectivity index (χ2v) is 3.78. The Morgan fingerprint density at radius 1 is 1.44 bits per heavy atom. The molecule has 0 saturated carbocycles. The maximum absolute atomic E-state index is 11.1. The Morgan fingerprint density at radius 3 is 2.72 bits per heavy atom. The zero-order valence-corrected chi connectivity index (χ0v) is 9.98. The van der Waals surface area contributed by atoms with E-state index in [4.69, 9.17) is 0 Å². The molecule has 0 bridgehead atoms. The van der Waals surface area contributed by atoms with E-state index in [0.29, 0.717) is 5.56 Å². The fourth-order valence-electron chi connectivity index (χ4n) is 1.64. The van der Waals surface area contributed by atoms with Crippen LogP contribution in [0.5, 0.6) is 0 Å². The molecule has 0 unspecified atom stereocenters. The van der Waals surface area contributed by atoms with E-state index in [1.54, 1.807) is 41.3 Å². The van der Waals surface area contributed by atoms with Gasteiger partial charge in [-0.15, -0.1) is 0 Å². The normalized spacial score (nSPS) is 11.5. The lowest BCUT2D eigenvalue weighted by Gasteiger charge is -1.97. The van der Waals surface area contributed by atoms with Gasteiger partial charge >= 0.3 is 0 Å². The minimum Gasteiger partial charge on any atom is -0.272 e. The first-order valence-corrected chi connectivity index (χ1v) is 5.64. The Bertz CT molecular complexity index is 573. The molecule has 0 N–H and O–H groups in total. The molecule has 92 valence electrons. The molecule has 0 aliphatic rings. The summed E-state index contributed by atoms with van der Waals surface area (Å²) in [6.45, 7) is 2.71. The maximum Gasteiger partial charge on any atom is 0.277 e. The highest BCUT2D eigenvalue weighted by molar-refractivity contribution is 5.75. The zero-order chi connectivity index (χ0) is 13.0. The first-order valence-electron chi connectivity index (χ1n) is 5.64. The van der Waals surface area contributed by atoms with E-state index < -0.39 is 0 Å². The van der Waals surface area contributed by atoms with E-state index >= 15 is 0 Å². The minimum atomic E-state index is -0.376. The van der Waals surface area contributed by atoms with Crippen molar-refractivity contribution in [2.24, 2.45) is 0 Å². The molecular formula is C13H13N3O2. The molecule has 5 heteroatoms. The van der Waals surface area contributed by atoms with E-state index in [-0.39, 0.29) is 10.6 Å². The molecule has 18 heavy (non-hydrogen) atoms. The Hall–Kier alpha value is -2.43. The summed E-state index contributed by atoms with van der Waals surface area (Å²) in [6.07, 6.45) is 4.94. The van der Waals surface area contributed by atoms with Gasteiger partial charge in [0, 0.05) is 24.4 Å². The van der Waals surface area contributed by atoms with Crippen LogP contribution in [0.2, 0.25) is 0 Å². The van der Waals surface area contributed by atoms with Gasteiger partial charge < -0.3 is 0 Å². The molecule has 2 aromatic rings. The monoisotopic (exact) mass is 243 g/mol. The zero-order valence-electron chi connectivity index (χ0n) is 9.98. The van der Waals surface area contributed by atoms with Crippen LogP contribution >= 0.6 is 0 Å². The summed E-state index contributed by atoms with van der Waals surface area (Å²) in [4.78, 5) is 10.7. The van der Waals surface area contributed by atoms with Crippen molar-refractivity contribution >= 4 is 11.8 Å². The molecule has 0 amide bonds. The van der Waals surface area contributed by atoms with Gasteiger partial charge in [-0.2, -0.15) is 5.10 Å². The number of hydrogen-bond donors (Lipinski definition) is 0. The quantitative estimate of drug-likeness (QED) is 0.612. The molecule has 1 heterocycles. The summed E-state index contributed by atoms with van der Waals surface area (Å²) >= 11 is 0. The minimum absolute atomic E-state index is 0.0752. The van der Waals surface area contributed by atoms with Gasteiger partial charge in [-0.05, 0) is 19.1 Å². The summed E-state index contributed by atoms with van der Waals surface area (Å²) in [5.41, 5.74) is 1.39. The van der Waals surface area contributed by atoms with Crippen molar-refractivity contribution in [3.63, 3.8) is 0 Å². The number of rotatable bonds is 4. The number of benzene rings is 1. The molecule has 0 spiro atoms. The van der Waals surface area contributed by atoms with E-state index in [1.807, 2.05) is 13.0 Å². The summed E-state index contributed by atoms with van der Waals surface area (Å²) in [5.74, 6) is 0. The average molecular weight is 243 g/mol. The Morgan fingerprint density at radius 2 is 2.17 bits per heavy atom. The topological polar surface area (TPSA) is 61.0 Å². The number of aromatic nitrogens is 2. The van der Waals surface area contributed by atoms with Crippen molar-refractivity contribution in [2.45, 2.75) is 13.5 Å². The predicted octanol–water partition coefficient (Wildman–Crippen LogP) is 2.68. The molecule has 0 aliphatic heterocycles. The van der Waals surface area contributed by atoms with E-state index in [1.165, 1.54) is 6.08 Å². The third kappa shape index (κ3) is 2.63. The van der Waals surface area contributed by atoms with Gasteiger partial charge in [-0.1, -0.05) is 18.2 Å². The lowest BCUT2D eigenvalue weighted by atomic mass is 10.1. The lowest BCUT2D eigenvalue weighted by Crippen LogP contribution is -1.97. The van der Waals surface area contributed by atoms with Gasteiger partial charge in [-0.25, -0.2) is 0 Å². The van der Waals surface area contributed by atoms with Crippen LogP contribution in [0.15, 0.2) is 42.7 Å². The van der Waals surface area contributed by atoms with Crippen LogP contribution in [0, 0.1) is 10.1 Å². The molecule has 1 aromatic carbocycles. The first-order chi connectivity index (χ1) is 8.70. The molecule has 5 nitrogen and oxygen atoms in total. The Balaban J connectivity index is 2.39. The number of nitro groups is 1. The van der Waals surface area contributed by atoms with Crippen molar-refractivity contribution in [3.8, 4) is 0 Å². The van der Waals surface area contributed by atoms with Gasteiger partial charge in [0.05, 0.1) is 16.7 Å². The predicted molar refractivity (Wildman–Crippen MR) is 69.2 cm³/mol. The standard InChI is InChI=1S/C13H13N3O2/c1-2-15-10-11(9-14-15)8-13(16(17)18)12-6-4-3-5-7-12/h3-10H,2H2,1H3/b13-8+. The van der Waals surface area contributed by atoms with E-state index in [9.17, 15) is 10.1 Å². The summed E-state index contributed by atoms with van der Waals surface area (Å²) < 4.78 is 1.73. The largest absolute Gasteiger partial charge is 0.277 e. The van der Waals surface area contributed by atoms with Gasteiger partial charge in [0.25, 0.3) is 5.70 Å². The fraction of sp³-hybridized carbons (Fsp3) is 0.154. The number of hydrogen-bond acceptors (Lipinski definition) is 3. The summed E-state index contributed by atoms with van der Waals surface area (Å²) in [6, 6.07) is 8.83. The van der Waals surface area contributed by atoms with Crippen LogP contribution < -0.4 is 0 Å². The molecule has 0 radical (unpaired) electrons. The molecular weight excluding hydrogens is 230 g/mol. The molecule has 0 fully saturated rings. The average Bonchev–Trinajstić information content (AvgIpc) is 2.84. The van der Waals surface area contributed by atoms with Crippen LogP contribution in [0.3, 0.4) is 0 Å². The van der Waals surface area contributed by atoms with Crippen LogP contribution in [0.25, 0.3) is 11.8 Å². The number of nitrogens with zero attached hydrogens (tertiary/aromatic N) is 3. The molecule has 2 rings (SSSR count). The Labute approximate surface area is 105 Å². The van der Waals surface area contributed by atoms with Crippen LogP contribution in [-0.4, -0.2) is 14.7 Å². The van der Waals surface area contributed by atoms with Gasteiger partial charge in [-0.3, -0.25) is 14.8 Å². The van der Waals surface area contributed by atoms with Crippen molar-refractivity contribution < 1.29 is 4.92 Å². The third-order valence-corrected chi connectivity index (χ3v) is 2.55. The number of aryl methyl sites for hydroxylation is 1. The lowest BCUT2D eigenvalue weighted by molar-refractivity contribution is -0.374. The van der Waals surface area contributed by atoms with Crippen LogP contribution in [0.4, 0.5) is 0 Å². The van der Waals surface area contributed by atoms with Gasteiger partial charge in [0.1, 0.15) is 0 Å². The van der Waals surface area contributed by atoms with Crippen molar-refractivity contribution in [2.75, 3.05) is 0 Å². The van der Waals surface area contributed by atoms with Crippen molar-refractivity contribution in [1.29, 1.82) is 0 Å². The maximum atomic E-state index is 11.1. The highest BCUT2D eigenvalue weighted by Gasteiger charge is 2.13. The SMILES string of the molecule is CCn1cc(/C=C(\c2ccccc2)[N+](=O)[O-])cn1. The van der Waals surface area contributed by atoms with Crippen molar-refractivity contribution in [1.82, 2.24) is 9.78 Å². The van der Waals surface area contributed by atoms with E-state index in [2.05, 4.69) is 5.10 Å². The molecule has 0 atom stereocenters. The Kier molecular flexibility index (Phi) is 3.52. The van der Waals surface area contributed by atoms with Crippen LogP contribution in [0.1, 0.15) is 18.1 Å². The van der Waals surface area contributed by atoms with E-state index in [0.717, 1.165) is 12.1 Å². The third-order valence-electron chi connectivity index (χ3n) is 2.55. The summed E-state index contributed by atoms with van der Waals surface area (Å²) in [7, 11) is 0. The van der Waals surface area contributed by atoms with Gasteiger partial charge in [0.2, 0.25) is 0 Å².